The highest BCUT2D eigenvalue weighted by Crippen LogP contribution is 2.40. The third-order valence-electron chi connectivity index (χ3n) is 5.16. The Morgan fingerprint density at radius 1 is 1.32 bits per heavy atom. The van der Waals surface area contributed by atoms with Crippen molar-refractivity contribution in [3.05, 3.63) is 16.0 Å². The van der Waals surface area contributed by atoms with E-state index in [4.69, 9.17) is 4.74 Å². The molecule has 1 fully saturated rings. The van der Waals surface area contributed by atoms with Crippen molar-refractivity contribution in [2.45, 2.75) is 65.0 Å². The fourth-order valence-electron chi connectivity index (χ4n) is 3.63. The normalized spacial score (nSPS) is 19.8. The molecule has 1 amide bonds. The fraction of sp³-hybridized carbons (Fsp3) is 0.684. The van der Waals surface area contributed by atoms with Gasteiger partial charge >= 0.3 is 5.97 Å². The molecule has 2 aliphatic rings. The van der Waals surface area contributed by atoms with Crippen molar-refractivity contribution in [1.29, 1.82) is 0 Å². The highest BCUT2D eigenvalue weighted by molar-refractivity contribution is 7.17. The van der Waals surface area contributed by atoms with E-state index >= 15 is 0 Å². The van der Waals surface area contributed by atoms with Gasteiger partial charge in [-0.05, 0) is 57.4 Å². The molecule has 0 saturated heterocycles. The van der Waals surface area contributed by atoms with Gasteiger partial charge in [0.1, 0.15) is 5.00 Å². The number of carbonyl (C=O) groups excluding carboxylic acids is 2. The first-order valence-corrected chi connectivity index (χ1v) is 10.0. The summed E-state index contributed by atoms with van der Waals surface area (Å²) in [5, 5.41) is 3.67. The van der Waals surface area contributed by atoms with Crippen LogP contribution in [0.5, 0.6) is 0 Å². The Morgan fingerprint density at radius 2 is 2.04 bits per heavy atom. The summed E-state index contributed by atoms with van der Waals surface area (Å²) in [7, 11) is 1.40. The van der Waals surface area contributed by atoms with Gasteiger partial charge in [0.2, 0.25) is 5.91 Å². The molecule has 1 aromatic rings. The van der Waals surface area contributed by atoms with Crippen molar-refractivity contribution < 1.29 is 14.3 Å². The third kappa shape index (κ3) is 4.06. The predicted molar refractivity (Wildman–Crippen MR) is 100 cm³/mol. The Hall–Kier alpha value is -1.40. The van der Waals surface area contributed by atoms with Crippen molar-refractivity contribution in [3.8, 4) is 0 Å². The summed E-state index contributed by atoms with van der Waals surface area (Å²) in [6.45, 7) is 6.85. The highest BCUT2D eigenvalue weighted by atomic mass is 32.1. The molecule has 1 atom stereocenters. The number of hydrogen-bond donors (Lipinski definition) is 1. The first-order valence-electron chi connectivity index (χ1n) is 9.19. The van der Waals surface area contributed by atoms with Gasteiger partial charge in [-0.3, -0.25) is 9.69 Å². The number of nitrogens with one attached hydrogen (secondary N) is 1. The lowest BCUT2D eigenvalue weighted by atomic mass is 9.88. The quantitative estimate of drug-likeness (QED) is 0.785. The first-order chi connectivity index (χ1) is 11.9. The molecule has 1 aromatic heterocycles. The largest absolute Gasteiger partial charge is 0.465 e. The Bertz CT molecular complexity index is 662. The number of ether oxygens (including phenoxy) is 1. The van der Waals surface area contributed by atoms with E-state index < -0.39 is 0 Å². The molecule has 2 aliphatic carbocycles. The third-order valence-corrected chi connectivity index (χ3v) is 6.33. The van der Waals surface area contributed by atoms with Crippen LogP contribution in [0.25, 0.3) is 0 Å². The molecule has 1 N–H and O–H groups in total. The zero-order chi connectivity index (χ0) is 18.1. The number of hydrogen-bond acceptors (Lipinski definition) is 5. The average Bonchev–Trinajstić information content (AvgIpc) is 3.33. The molecule has 5 nitrogen and oxygen atoms in total. The molecule has 0 bridgehead atoms. The molecule has 0 aromatic carbocycles. The summed E-state index contributed by atoms with van der Waals surface area (Å²) in [6, 6.07) is 0.874. The van der Waals surface area contributed by atoms with Gasteiger partial charge in [-0.2, -0.15) is 0 Å². The van der Waals surface area contributed by atoms with Gasteiger partial charge in [-0.25, -0.2) is 4.79 Å². The van der Waals surface area contributed by atoms with Gasteiger partial charge in [0, 0.05) is 17.0 Å². The maximum atomic E-state index is 12.6. The highest BCUT2D eigenvalue weighted by Gasteiger charge is 2.33. The van der Waals surface area contributed by atoms with Crippen LogP contribution in [0.1, 0.15) is 60.8 Å². The number of amides is 1. The van der Waals surface area contributed by atoms with Crippen LogP contribution in [0.3, 0.4) is 0 Å². The SMILES string of the molecule is COC(=O)c1c(NC(=O)CN(C(C)C)C2CC2)sc2c1CCC(C)C2. The fourth-order valence-corrected chi connectivity index (χ4v) is 5.04. The van der Waals surface area contributed by atoms with Gasteiger partial charge in [-0.1, -0.05) is 6.92 Å². The summed E-state index contributed by atoms with van der Waals surface area (Å²) >= 11 is 1.55. The van der Waals surface area contributed by atoms with E-state index in [1.807, 2.05) is 0 Å². The maximum Gasteiger partial charge on any atom is 0.341 e. The molecular weight excluding hydrogens is 336 g/mol. The number of anilines is 1. The van der Waals surface area contributed by atoms with E-state index in [2.05, 4.69) is 31.0 Å². The van der Waals surface area contributed by atoms with E-state index in [-0.39, 0.29) is 11.9 Å². The van der Waals surface area contributed by atoms with Gasteiger partial charge < -0.3 is 10.1 Å². The second-order valence-corrected chi connectivity index (χ2v) is 8.70. The van der Waals surface area contributed by atoms with Crippen LogP contribution in [0.2, 0.25) is 0 Å². The second kappa shape index (κ2) is 7.46. The number of esters is 1. The molecule has 1 heterocycles. The molecule has 0 radical (unpaired) electrons. The van der Waals surface area contributed by atoms with Crippen LogP contribution in [0, 0.1) is 5.92 Å². The predicted octanol–water partition coefficient (Wildman–Crippen LogP) is 3.47. The summed E-state index contributed by atoms with van der Waals surface area (Å²) in [5.41, 5.74) is 1.65. The van der Waals surface area contributed by atoms with Crippen LogP contribution < -0.4 is 5.32 Å². The lowest BCUT2D eigenvalue weighted by molar-refractivity contribution is -0.117. The zero-order valence-corrected chi connectivity index (χ0v) is 16.4. The van der Waals surface area contributed by atoms with Crippen molar-refractivity contribution in [1.82, 2.24) is 4.90 Å². The lowest BCUT2D eigenvalue weighted by Crippen LogP contribution is -2.39. The van der Waals surface area contributed by atoms with Gasteiger partial charge in [0.25, 0.3) is 0 Å². The van der Waals surface area contributed by atoms with E-state index in [1.54, 1.807) is 11.3 Å². The molecule has 0 spiro atoms. The minimum atomic E-state index is -0.342. The van der Waals surface area contributed by atoms with Crippen LogP contribution in [0.4, 0.5) is 5.00 Å². The van der Waals surface area contributed by atoms with E-state index in [9.17, 15) is 9.59 Å². The number of methoxy groups -OCH3 is 1. The summed E-state index contributed by atoms with van der Waals surface area (Å²) in [6.07, 6.45) is 5.27. The Kier molecular flexibility index (Phi) is 5.49. The molecule has 3 rings (SSSR count). The van der Waals surface area contributed by atoms with Crippen LogP contribution >= 0.6 is 11.3 Å². The van der Waals surface area contributed by atoms with Crippen molar-refractivity contribution in [3.63, 3.8) is 0 Å². The Labute approximate surface area is 153 Å². The smallest absolute Gasteiger partial charge is 0.341 e. The monoisotopic (exact) mass is 364 g/mol. The molecule has 6 heteroatoms. The standard InChI is InChI=1S/C19H28N2O3S/c1-11(2)21(13-6-7-13)10-16(22)20-18-17(19(23)24-4)14-8-5-12(3)9-15(14)25-18/h11-13H,5-10H2,1-4H3,(H,20,22). The molecular formula is C19H28N2O3S. The van der Waals surface area contributed by atoms with Gasteiger partial charge in [-0.15, -0.1) is 11.3 Å². The second-order valence-electron chi connectivity index (χ2n) is 7.59. The average molecular weight is 365 g/mol. The maximum absolute atomic E-state index is 12.6. The Morgan fingerprint density at radius 3 is 2.64 bits per heavy atom. The van der Waals surface area contributed by atoms with Crippen LogP contribution in [0.15, 0.2) is 0 Å². The summed E-state index contributed by atoms with van der Waals surface area (Å²) < 4.78 is 4.98. The van der Waals surface area contributed by atoms with Crippen molar-refractivity contribution in [2.75, 3.05) is 19.0 Å². The van der Waals surface area contributed by atoms with Crippen molar-refractivity contribution >= 4 is 28.2 Å². The number of rotatable bonds is 6. The molecule has 25 heavy (non-hydrogen) atoms. The number of nitrogens with zero attached hydrogens (tertiary/aromatic N) is 1. The number of carbonyl (C=O) groups is 2. The lowest BCUT2D eigenvalue weighted by Gasteiger charge is -2.25. The molecule has 0 aliphatic heterocycles. The minimum Gasteiger partial charge on any atom is -0.465 e. The molecule has 1 unspecified atom stereocenters. The first kappa shape index (κ1) is 18.4. The molecule has 138 valence electrons. The summed E-state index contributed by atoms with van der Waals surface area (Å²) in [5.74, 6) is 0.231. The summed E-state index contributed by atoms with van der Waals surface area (Å²) in [4.78, 5) is 28.4. The van der Waals surface area contributed by atoms with E-state index in [0.717, 1.165) is 24.8 Å². The zero-order valence-electron chi connectivity index (χ0n) is 15.6. The van der Waals surface area contributed by atoms with Crippen LogP contribution in [-0.4, -0.2) is 42.5 Å². The van der Waals surface area contributed by atoms with E-state index in [0.29, 0.717) is 35.1 Å². The number of thiophene rings is 1. The van der Waals surface area contributed by atoms with Crippen molar-refractivity contribution in [2.24, 2.45) is 5.92 Å². The Balaban J connectivity index is 1.79. The topological polar surface area (TPSA) is 58.6 Å². The van der Waals surface area contributed by atoms with Crippen LogP contribution in [-0.2, 0) is 22.4 Å². The minimum absolute atomic E-state index is 0.0441. The molecule has 1 saturated carbocycles. The number of fused-ring (bicyclic) bond motifs is 1. The van der Waals surface area contributed by atoms with Gasteiger partial charge in [0.15, 0.2) is 0 Å². The van der Waals surface area contributed by atoms with Gasteiger partial charge in [0.05, 0.1) is 19.2 Å². The van der Waals surface area contributed by atoms with E-state index in [1.165, 1.54) is 24.8 Å².